The smallest absolute Gasteiger partial charge is 0.433 e. The van der Waals surface area contributed by atoms with Crippen LogP contribution in [0.4, 0.5) is 13.2 Å². The van der Waals surface area contributed by atoms with Gasteiger partial charge in [0.2, 0.25) is 5.88 Å². The largest absolute Gasteiger partial charge is 0.469 e. The molecule has 0 amide bonds. The fraction of sp³-hybridized carbons (Fsp3) is 0.545. The average Bonchev–Trinajstić information content (AvgIpc) is 2.67. The van der Waals surface area contributed by atoms with E-state index >= 15 is 0 Å². The van der Waals surface area contributed by atoms with E-state index in [-0.39, 0.29) is 11.9 Å². The minimum absolute atomic E-state index is 0.0340. The molecule has 0 bridgehead atoms. The number of aliphatic hydroxyl groups is 1. The lowest BCUT2D eigenvalue weighted by molar-refractivity contribution is -0.141. The maximum absolute atomic E-state index is 12.5. The van der Waals surface area contributed by atoms with Gasteiger partial charge in [0, 0.05) is 5.56 Å². The number of aliphatic hydroxyl groups excluding tert-OH is 1. The molecule has 18 heavy (non-hydrogen) atoms. The normalized spacial score (nSPS) is 30.6. The molecule has 3 rings (SSSR count). The van der Waals surface area contributed by atoms with Crippen LogP contribution in [0.2, 0.25) is 0 Å². The van der Waals surface area contributed by atoms with Crippen molar-refractivity contribution in [1.82, 2.24) is 10.3 Å². The second-order valence-corrected chi connectivity index (χ2v) is 4.46. The highest BCUT2D eigenvalue weighted by Gasteiger charge is 2.43. The van der Waals surface area contributed by atoms with E-state index in [1.54, 1.807) is 0 Å². The topological polar surface area (TPSA) is 54.4 Å². The summed E-state index contributed by atoms with van der Waals surface area (Å²) < 4.78 is 42.9. The summed E-state index contributed by atoms with van der Waals surface area (Å²) in [6.45, 7) is 0.603. The van der Waals surface area contributed by atoms with Crippen molar-refractivity contribution in [3.05, 3.63) is 23.4 Å². The summed E-state index contributed by atoms with van der Waals surface area (Å²) >= 11 is 0. The maximum atomic E-state index is 12.5. The lowest BCUT2D eigenvalue weighted by atomic mass is 9.95. The molecule has 0 saturated carbocycles. The molecule has 98 valence electrons. The Bertz CT molecular complexity index is 478. The van der Waals surface area contributed by atoms with Crippen LogP contribution in [-0.4, -0.2) is 28.8 Å². The van der Waals surface area contributed by atoms with Gasteiger partial charge in [0.15, 0.2) is 0 Å². The van der Waals surface area contributed by atoms with Crippen LogP contribution in [0.25, 0.3) is 0 Å². The van der Waals surface area contributed by atoms with Gasteiger partial charge in [-0.1, -0.05) is 0 Å². The zero-order valence-corrected chi connectivity index (χ0v) is 9.24. The Morgan fingerprint density at radius 1 is 1.39 bits per heavy atom. The van der Waals surface area contributed by atoms with E-state index in [0.29, 0.717) is 18.5 Å². The highest BCUT2D eigenvalue weighted by Crippen LogP contribution is 2.40. The van der Waals surface area contributed by atoms with Gasteiger partial charge in [0.25, 0.3) is 0 Å². The lowest BCUT2D eigenvalue weighted by Crippen LogP contribution is -2.46. The predicted molar refractivity (Wildman–Crippen MR) is 55.0 cm³/mol. The quantitative estimate of drug-likeness (QED) is 0.737. The molecule has 1 aromatic rings. The average molecular weight is 260 g/mol. The van der Waals surface area contributed by atoms with Crippen LogP contribution in [0, 0.1) is 0 Å². The molecule has 0 aromatic carbocycles. The van der Waals surface area contributed by atoms with E-state index in [1.165, 1.54) is 6.07 Å². The number of pyridine rings is 1. The monoisotopic (exact) mass is 260 g/mol. The number of fused-ring (bicyclic) bond motifs is 3. The molecule has 0 radical (unpaired) electrons. The Morgan fingerprint density at radius 2 is 2.17 bits per heavy atom. The summed E-state index contributed by atoms with van der Waals surface area (Å²) in [5.41, 5.74) is -0.402. The van der Waals surface area contributed by atoms with Crippen molar-refractivity contribution in [1.29, 1.82) is 0 Å². The van der Waals surface area contributed by atoms with Gasteiger partial charge in [-0.3, -0.25) is 0 Å². The molecule has 2 aliphatic heterocycles. The zero-order valence-electron chi connectivity index (χ0n) is 9.24. The van der Waals surface area contributed by atoms with Crippen LogP contribution in [0.5, 0.6) is 5.88 Å². The number of halogens is 3. The molecule has 1 saturated heterocycles. The minimum Gasteiger partial charge on any atom is -0.469 e. The molecular weight excluding hydrogens is 249 g/mol. The van der Waals surface area contributed by atoms with Crippen LogP contribution in [0.3, 0.4) is 0 Å². The van der Waals surface area contributed by atoms with E-state index in [2.05, 4.69) is 10.3 Å². The fourth-order valence-electron chi connectivity index (χ4n) is 2.39. The second kappa shape index (κ2) is 3.83. The third kappa shape index (κ3) is 1.74. The van der Waals surface area contributed by atoms with E-state index < -0.39 is 24.1 Å². The SMILES string of the molecule is O[C@H]1CCN[C@H]2c3ccc(C(F)(F)F)nc3O[C@@H]12. The van der Waals surface area contributed by atoms with Gasteiger partial charge in [-0.15, -0.1) is 0 Å². The predicted octanol–water partition coefficient (Wildman–Crippen LogP) is 1.26. The first-order chi connectivity index (χ1) is 8.47. The molecule has 2 N–H and O–H groups in total. The van der Waals surface area contributed by atoms with Gasteiger partial charge in [-0.2, -0.15) is 13.2 Å². The number of hydrogen-bond donors (Lipinski definition) is 2. The standard InChI is InChI=1S/C11H11F3N2O2/c12-11(13,14)7-2-1-5-8-9(18-10(5)16-7)6(17)3-4-15-8/h1-2,6,8-9,15,17H,3-4H2/t6-,8-,9-/m0/s1. The van der Waals surface area contributed by atoms with Crippen molar-refractivity contribution in [2.24, 2.45) is 0 Å². The van der Waals surface area contributed by atoms with Crippen molar-refractivity contribution in [3.8, 4) is 5.88 Å². The Morgan fingerprint density at radius 3 is 2.89 bits per heavy atom. The third-order valence-electron chi connectivity index (χ3n) is 3.28. The van der Waals surface area contributed by atoms with Gasteiger partial charge < -0.3 is 15.2 Å². The first kappa shape index (κ1) is 11.7. The van der Waals surface area contributed by atoms with Crippen molar-refractivity contribution in [2.75, 3.05) is 6.54 Å². The Kier molecular flexibility index (Phi) is 2.49. The summed E-state index contributed by atoms with van der Waals surface area (Å²) in [6, 6.07) is 2.02. The number of nitrogens with zero attached hydrogens (tertiary/aromatic N) is 1. The number of hydrogen-bond acceptors (Lipinski definition) is 4. The van der Waals surface area contributed by atoms with Gasteiger partial charge in [-0.25, -0.2) is 4.98 Å². The first-order valence-corrected chi connectivity index (χ1v) is 5.63. The molecule has 3 atom stereocenters. The van der Waals surface area contributed by atoms with Crippen molar-refractivity contribution >= 4 is 0 Å². The Labute approximate surface area is 101 Å². The summed E-state index contributed by atoms with van der Waals surface area (Å²) in [5, 5.41) is 12.9. The van der Waals surface area contributed by atoms with Crippen molar-refractivity contribution in [3.63, 3.8) is 0 Å². The third-order valence-corrected chi connectivity index (χ3v) is 3.28. The molecule has 1 aromatic heterocycles. The number of aromatic nitrogens is 1. The van der Waals surface area contributed by atoms with Crippen molar-refractivity contribution in [2.45, 2.75) is 30.8 Å². The molecule has 2 aliphatic rings. The van der Waals surface area contributed by atoms with E-state index in [1.807, 2.05) is 0 Å². The molecule has 7 heteroatoms. The van der Waals surface area contributed by atoms with Crippen molar-refractivity contribution < 1.29 is 23.0 Å². The van der Waals surface area contributed by atoms with E-state index in [4.69, 9.17) is 4.74 Å². The van der Waals surface area contributed by atoms with E-state index in [0.717, 1.165) is 6.07 Å². The molecule has 1 fully saturated rings. The number of piperidine rings is 1. The molecular formula is C11H11F3N2O2. The minimum atomic E-state index is -4.49. The summed E-state index contributed by atoms with van der Waals surface area (Å²) in [4.78, 5) is 3.48. The van der Waals surface area contributed by atoms with Crippen LogP contribution in [0.1, 0.15) is 23.7 Å². The van der Waals surface area contributed by atoms with E-state index in [9.17, 15) is 18.3 Å². The highest BCUT2D eigenvalue weighted by molar-refractivity contribution is 5.37. The molecule has 0 unspecified atom stereocenters. The number of nitrogens with one attached hydrogen (secondary N) is 1. The molecule has 4 nitrogen and oxygen atoms in total. The molecule has 0 aliphatic carbocycles. The Hall–Kier alpha value is -1.34. The number of rotatable bonds is 0. The van der Waals surface area contributed by atoms with Crippen LogP contribution >= 0.6 is 0 Å². The van der Waals surface area contributed by atoms with Crippen LogP contribution in [-0.2, 0) is 6.18 Å². The molecule has 3 heterocycles. The maximum Gasteiger partial charge on any atom is 0.433 e. The van der Waals surface area contributed by atoms with Gasteiger partial charge >= 0.3 is 6.18 Å². The number of ether oxygens (including phenoxy) is 1. The zero-order chi connectivity index (χ0) is 12.9. The number of alkyl halides is 3. The summed E-state index contributed by atoms with van der Waals surface area (Å²) in [5.74, 6) is -0.0340. The molecule has 0 spiro atoms. The van der Waals surface area contributed by atoms with Crippen LogP contribution in [0.15, 0.2) is 12.1 Å². The lowest BCUT2D eigenvalue weighted by Gasteiger charge is -2.29. The van der Waals surface area contributed by atoms with Gasteiger partial charge in [-0.05, 0) is 25.1 Å². The highest BCUT2D eigenvalue weighted by atomic mass is 19.4. The first-order valence-electron chi connectivity index (χ1n) is 5.63. The van der Waals surface area contributed by atoms with Gasteiger partial charge in [0.05, 0.1) is 12.1 Å². The summed E-state index contributed by atoms with van der Waals surface area (Å²) in [7, 11) is 0. The van der Waals surface area contributed by atoms with Crippen LogP contribution < -0.4 is 10.1 Å². The summed E-state index contributed by atoms with van der Waals surface area (Å²) in [6.07, 6.45) is -5.20. The van der Waals surface area contributed by atoms with Gasteiger partial charge in [0.1, 0.15) is 11.8 Å². The Balaban J connectivity index is 1.97. The fourth-order valence-corrected chi connectivity index (χ4v) is 2.39. The second-order valence-electron chi connectivity index (χ2n) is 4.46.